The van der Waals surface area contributed by atoms with Crippen LogP contribution in [0.15, 0.2) is 60.9 Å². The molecule has 26 heavy (non-hydrogen) atoms. The Morgan fingerprint density at radius 2 is 1.58 bits per heavy atom. The Kier molecular flexibility index (Phi) is 10.5. The molecule has 1 aromatic heterocycles. The fourth-order valence-electron chi connectivity index (χ4n) is 2.32. The van der Waals surface area contributed by atoms with Crippen molar-refractivity contribution in [3.8, 4) is 5.69 Å². The second-order valence-corrected chi connectivity index (χ2v) is 6.68. The number of nitrogens with zero attached hydrogens (tertiary/aromatic N) is 2. The molecule has 3 rings (SSSR count). The Morgan fingerprint density at radius 1 is 0.962 bits per heavy atom. The fourth-order valence-corrected chi connectivity index (χ4v) is 2.32. The van der Waals surface area contributed by atoms with Crippen molar-refractivity contribution in [1.82, 2.24) is 9.78 Å². The van der Waals surface area contributed by atoms with Gasteiger partial charge in [-0.25, -0.2) is 0 Å². The minimum absolute atomic E-state index is 0.541. The first-order valence-electron chi connectivity index (χ1n) is 8.69. The summed E-state index contributed by atoms with van der Waals surface area (Å²) in [6.07, 6.45) is 3.70. The molecule has 0 spiro atoms. The van der Waals surface area contributed by atoms with Crippen LogP contribution in [0.5, 0.6) is 0 Å². The van der Waals surface area contributed by atoms with Gasteiger partial charge in [0.2, 0.25) is 0 Å². The van der Waals surface area contributed by atoms with Gasteiger partial charge >= 0.3 is 27.0 Å². The summed E-state index contributed by atoms with van der Waals surface area (Å²) in [5.74, 6) is 1.19. The number of hydrogen-bond acceptors (Lipinski definition) is 1. The summed E-state index contributed by atoms with van der Waals surface area (Å²) in [7, 11) is 4.57. The van der Waals surface area contributed by atoms with E-state index in [1.165, 1.54) is 16.7 Å². The van der Waals surface area contributed by atoms with Gasteiger partial charge < -0.3 is 0 Å². The second-order valence-electron chi connectivity index (χ2n) is 6.68. The van der Waals surface area contributed by atoms with Crippen LogP contribution in [0.3, 0.4) is 0 Å². The van der Waals surface area contributed by atoms with Gasteiger partial charge in [-0.3, -0.25) is 4.68 Å². The predicted octanol–water partition coefficient (Wildman–Crippen LogP) is 6.60. The average molecular weight is 456 g/mol. The van der Waals surface area contributed by atoms with Gasteiger partial charge in [-0.15, -0.1) is 6.07 Å². The van der Waals surface area contributed by atoms with E-state index in [4.69, 9.17) is 0 Å². The molecule has 1 heterocycles. The number of hydrogen-bond donors (Lipinski definition) is 0. The summed E-state index contributed by atoms with van der Waals surface area (Å²) >= 11 is 1.82. The summed E-state index contributed by atoms with van der Waals surface area (Å²) in [6.45, 7) is 10.9. The van der Waals surface area contributed by atoms with Crippen molar-refractivity contribution < 1.29 is 17.3 Å². The number of rotatable bonds is 3. The Bertz CT molecular complexity index is 735. The molecule has 4 heteroatoms. The number of halogens is 1. The SMILES string of the molecule is CC(C)c1cc[c-]c(-n2cccn2)c1.Cc1ccc(C(C)C)cc1.[Cl][Ru+]. The van der Waals surface area contributed by atoms with Crippen LogP contribution >= 0.6 is 9.69 Å². The summed E-state index contributed by atoms with van der Waals surface area (Å²) in [4.78, 5) is 0. The standard InChI is InChI=1S/C12H13N2.C10H14.ClH.Ru/c1-10(2)11-5-3-6-12(9-11)14-8-4-7-13-14;1-8(2)10-6-4-9(3)5-7-10;;/h3-5,7-10H,1-2H3;4-8H,1-3H3;1H;/q-1;;;+2/p-1. The molecule has 0 aliphatic heterocycles. The Hall–Kier alpha value is -1.44. The molecule has 0 saturated carbocycles. The molecule has 0 unspecified atom stereocenters. The first-order valence-corrected chi connectivity index (χ1v) is 10.9. The Balaban J connectivity index is 0.000000249. The van der Waals surface area contributed by atoms with Crippen molar-refractivity contribution in [1.29, 1.82) is 0 Å². The molecule has 0 atom stereocenters. The molecule has 0 aliphatic rings. The Labute approximate surface area is 172 Å². The Morgan fingerprint density at radius 3 is 2.08 bits per heavy atom. The maximum absolute atomic E-state index is 4.57. The second kappa shape index (κ2) is 12.0. The summed E-state index contributed by atoms with van der Waals surface area (Å²) in [5, 5.41) is 4.17. The van der Waals surface area contributed by atoms with Gasteiger partial charge in [0.25, 0.3) is 0 Å². The van der Waals surface area contributed by atoms with Crippen LogP contribution in [0.4, 0.5) is 0 Å². The molecule has 0 saturated heterocycles. The van der Waals surface area contributed by atoms with E-state index < -0.39 is 0 Å². The zero-order valence-electron chi connectivity index (χ0n) is 16.1. The third-order valence-electron chi connectivity index (χ3n) is 3.97. The van der Waals surface area contributed by atoms with Gasteiger partial charge in [0, 0.05) is 12.4 Å². The van der Waals surface area contributed by atoms with Gasteiger partial charge in [0.1, 0.15) is 0 Å². The van der Waals surface area contributed by atoms with Crippen molar-refractivity contribution in [2.75, 3.05) is 0 Å². The fraction of sp³-hybridized carbons (Fsp3) is 0.318. The molecule has 140 valence electrons. The maximum atomic E-state index is 4.57. The van der Waals surface area contributed by atoms with Crippen LogP contribution in [0.1, 0.15) is 56.2 Å². The van der Waals surface area contributed by atoms with Crippen LogP contribution in [0, 0.1) is 13.0 Å². The topological polar surface area (TPSA) is 17.8 Å². The van der Waals surface area contributed by atoms with E-state index in [-0.39, 0.29) is 0 Å². The van der Waals surface area contributed by atoms with Crippen LogP contribution in [-0.2, 0) is 17.3 Å². The third-order valence-corrected chi connectivity index (χ3v) is 3.97. The van der Waals surface area contributed by atoms with E-state index in [2.05, 4.69) is 91.9 Å². The van der Waals surface area contributed by atoms with Crippen LogP contribution in [0.2, 0.25) is 0 Å². The van der Waals surface area contributed by atoms with Gasteiger partial charge in [-0.2, -0.15) is 28.9 Å². The van der Waals surface area contributed by atoms with Crippen molar-refractivity contribution in [2.24, 2.45) is 0 Å². The molecule has 3 aromatic rings. The van der Waals surface area contributed by atoms with Gasteiger partial charge in [-0.05, 0) is 36.1 Å². The van der Waals surface area contributed by atoms with Crippen molar-refractivity contribution >= 4 is 9.69 Å². The molecule has 0 N–H and O–H groups in total. The van der Waals surface area contributed by atoms with E-state index >= 15 is 0 Å². The van der Waals surface area contributed by atoms with E-state index in [0.29, 0.717) is 11.8 Å². The molecule has 0 radical (unpaired) electrons. The zero-order valence-corrected chi connectivity index (χ0v) is 18.5. The van der Waals surface area contributed by atoms with Gasteiger partial charge in [0.15, 0.2) is 0 Å². The average Bonchev–Trinajstić information content (AvgIpc) is 3.19. The summed E-state index contributed by atoms with van der Waals surface area (Å²) in [6, 6.07) is 20.0. The van der Waals surface area contributed by atoms with Gasteiger partial charge in [-0.1, -0.05) is 57.5 Å². The van der Waals surface area contributed by atoms with Crippen molar-refractivity contribution in [3.05, 3.63) is 83.7 Å². The quantitative estimate of drug-likeness (QED) is 0.321. The third kappa shape index (κ3) is 7.44. The zero-order chi connectivity index (χ0) is 19.5. The molecule has 2 aromatic carbocycles. The van der Waals surface area contributed by atoms with E-state index in [0.717, 1.165) is 5.69 Å². The normalized spacial score (nSPS) is 10.0. The molecule has 2 nitrogen and oxygen atoms in total. The molecule has 0 bridgehead atoms. The van der Waals surface area contributed by atoms with Crippen LogP contribution in [-0.4, -0.2) is 9.78 Å². The van der Waals surface area contributed by atoms with E-state index in [1.807, 2.05) is 40.3 Å². The van der Waals surface area contributed by atoms with Crippen molar-refractivity contribution in [3.63, 3.8) is 0 Å². The first-order chi connectivity index (χ1) is 12.5. The monoisotopic (exact) mass is 456 g/mol. The minimum atomic E-state index is 0.541. The molecule has 0 fully saturated rings. The molecule has 0 amide bonds. The number of aryl methyl sites for hydroxylation is 1. The van der Waals surface area contributed by atoms with E-state index in [9.17, 15) is 0 Å². The first kappa shape index (κ1) is 22.6. The van der Waals surface area contributed by atoms with E-state index in [1.54, 1.807) is 6.20 Å². The number of benzene rings is 2. The summed E-state index contributed by atoms with van der Waals surface area (Å²) in [5.41, 5.74) is 5.07. The molecular weight excluding hydrogens is 429 g/mol. The van der Waals surface area contributed by atoms with Crippen LogP contribution < -0.4 is 0 Å². The molecular formula is C22H27ClN2Ru. The van der Waals surface area contributed by atoms with Gasteiger partial charge in [0.05, 0.1) is 0 Å². The predicted molar refractivity (Wildman–Crippen MR) is 108 cm³/mol. The van der Waals surface area contributed by atoms with Crippen molar-refractivity contribution in [2.45, 2.75) is 46.5 Å². The van der Waals surface area contributed by atoms with Crippen LogP contribution in [0.25, 0.3) is 5.69 Å². The molecule has 0 aliphatic carbocycles. The summed E-state index contributed by atoms with van der Waals surface area (Å²) < 4.78 is 1.83. The number of aromatic nitrogens is 2.